The Morgan fingerprint density at radius 3 is 2.44 bits per heavy atom. The highest BCUT2D eigenvalue weighted by Gasteiger charge is 2.56. The Morgan fingerprint density at radius 2 is 1.83 bits per heavy atom. The van der Waals surface area contributed by atoms with Crippen LogP contribution in [0.1, 0.15) is 28.4 Å². The molecule has 1 atom stereocenters. The van der Waals surface area contributed by atoms with Crippen LogP contribution >= 0.6 is 11.6 Å². The number of ketones is 1. The van der Waals surface area contributed by atoms with E-state index in [9.17, 15) is 33.2 Å². The molecular weight excluding hydrogens is 559 g/mol. The summed E-state index contributed by atoms with van der Waals surface area (Å²) in [6, 6.07) is 13.7. The SMILES string of the molecule is C=C/C(=C\C=C(/C)Cl)C(=O)c1ccn(CC(O)(c2cn(Cc3ccccc3)c3cc([N+](=O)[O-])ccc23)C(F)(F)F)c1. The Hall–Kier alpha value is -4.41. The van der Waals surface area contributed by atoms with Gasteiger partial charge < -0.3 is 14.2 Å². The van der Waals surface area contributed by atoms with Gasteiger partial charge in [0.1, 0.15) is 0 Å². The molecule has 1 N–H and O–H groups in total. The lowest BCUT2D eigenvalue weighted by Crippen LogP contribution is -2.45. The average molecular weight is 584 g/mol. The van der Waals surface area contributed by atoms with E-state index in [4.69, 9.17) is 11.6 Å². The summed E-state index contributed by atoms with van der Waals surface area (Å²) in [7, 11) is 0. The summed E-state index contributed by atoms with van der Waals surface area (Å²) >= 11 is 5.82. The Morgan fingerprint density at radius 1 is 1.12 bits per heavy atom. The number of allylic oxidation sites excluding steroid dienone is 5. The molecule has 41 heavy (non-hydrogen) atoms. The summed E-state index contributed by atoms with van der Waals surface area (Å²) in [4.78, 5) is 23.7. The predicted octanol–water partition coefficient (Wildman–Crippen LogP) is 7.29. The smallest absolute Gasteiger partial charge is 0.375 e. The first kappa shape index (κ1) is 29.6. The molecule has 4 rings (SSSR count). The number of nitro benzene ring substituents is 1. The maximum Gasteiger partial charge on any atom is 0.423 e. The van der Waals surface area contributed by atoms with Gasteiger partial charge in [0.05, 0.1) is 17.0 Å². The van der Waals surface area contributed by atoms with E-state index in [1.165, 1.54) is 59.6 Å². The topological polar surface area (TPSA) is 90.3 Å². The summed E-state index contributed by atoms with van der Waals surface area (Å²) in [5.41, 5.74) is -3.00. The first-order chi connectivity index (χ1) is 19.3. The van der Waals surface area contributed by atoms with Crippen molar-refractivity contribution in [3.63, 3.8) is 0 Å². The van der Waals surface area contributed by atoms with Gasteiger partial charge in [0, 0.05) is 64.4 Å². The fourth-order valence-corrected chi connectivity index (χ4v) is 4.57. The molecule has 0 bridgehead atoms. The van der Waals surface area contributed by atoms with Crippen LogP contribution in [0, 0.1) is 10.1 Å². The molecule has 0 saturated heterocycles. The van der Waals surface area contributed by atoms with Gasteiger partial charge in [-0.3, -0.25) is 14.9 Å². The molecule has 0 aliphatic rings. The van der Waals surface area contributed by atoms with Crippen molar-refractivity contribution >= 4 is 34.0 Å². The molecule has 0 amide bonds. The molecular formula is C30H25ClF3N3O4. The number of aliphatic hydroxyl groups is 1. The molecule has 2 aromatic carbocycles. The zero-order chi connectivity index (χ0) is 29.9. The standard InChI is InChI=1S/C30H25ClF3N3O4/c1-3-22(10-9-20(2)31)28(38)23-13-14-35(17-23)19-29(39,30(32,33)34)26-18-36(16-21-7-5-4-6-8-21)27-15-24(37(40)41)11-12-25(26)27/h3-15,17-18,39H,1,16,19H2,2H3/b20-9+,22-10+. The molecule has 0 fully saturated rings. The van der Waals surface area contributed by atoms with Gasteiger partial charge in [-0.1, -0.05) is 54.6 Å². The zero-order valence-corrected chi connectivity index (χ0v) is 22.6. The Labute approximate surface area is 238 Å². The van der Waals surface area contributed by atoms with Gasteiger partial charge in [-0.2, -0.15) is 13.2 Å². The number of hydrogen-bond donors (Lipinski definition) is 1. The monoisotopic (exact) mass is 583 g/mol. The van der Waals surface area contributed by atoms with Crippen molar-refractivity contribution in [1.82, 2.24) is 9.13 Å². The molecule has 4 aromatic rings. The zero-order valence-electron chi connectivity index (χ0n) is 21.8. The molecule has 2 heterocycles. The summed E-state index contributed by atoms with van der Waals surface area (Å²) in [5, 5.41) is 23.2. The quantitative estimate of drug-likeness (QED) is 0.0698. The Kier molecular flexibility index (Phi) is 8.37. The number of halogens is 4. The highest BCUT2D eigenvalue weighted by Crippen LogP contribution is 2.44. The number of non-ortho nitro benzene ring substituents is 1. The number of rotatable bonds is 10. The number of alkyl halides is 3. The molecule has 7 nitrogen and oxygen atoms in total. The third kappa shape index (κ3) is 6.18. The minimum atomic E-state index is -5.15. The van der Waals surface area contributed by atoms with Crippen LogP contribution in [0.15, 0.2) is 109 Å². The molecule has 11 heteroatoms. The van der Waals surface area contributed by atoms with E-state index >= 15 is 0 Å². The van der Waals surface area contributed by atoms with E-state index in [1.807, 2.05) is 0 Å². The lowest BCUT2D eigenvalue weighted by atomic mass is 9.92. The second-order valence-electron chi connectivity index (χ2n) is 9.45. The van der Waals surface area contributed by atoms with Crippen molar-refractivity contribution in [2.45, 2.75) is 31.8 Å². The van der Waals surface area contributed by atoms with Gasteiger partial charge in [-0.15, -0.1) is 0 Å². The van der Waals surface area contributed by atoms with E-state index < -0.39 is 34.6 Å². The maximum atomic E-state index is 14.7. The van der Waals surface area contributed by atoms with Crippen molar-refractivity contribution in [3.05, 3.63) is 135 Å². The van der Waals surface area contributed by atoms with Crippen molar-refractivity contribution in [3.8, 4) is 0 Å². The number of Topliss-reactive ketones (excluding diaryl/α,β-unsaturated/α-hetero) is 1. The van der Waals surface area contributed by atoms with Gasteiger partial charge >= 0.3 is 6.18 Å². The van der Waals surface area contributed by atoms with Crippen LogP contribution in [0.4, 0.5) is 18.9 Å². The second kappa shape index (κ2) is 11.6. The minimum absolute atomic E-state index is 0.00919. The molecule has 212 valence electrons. The average Bonchev–Trinajstić information content (AvgIpc) is 3.53. The van der Waals surface area contributed by atoms with Crippen LogP contribution in [0.5, 0.6) is 0 Å². The largest absolute Gasteiger partial charge is 0.423 e. The van der Waals surface area contributed by atoms with Crippen LogP contribution in [0.2, 0.25) is 0 Å². The molecule has 0 aliphatic carbocycles. The molecule has 0 radical (unpaired) electrons. The first-order valence-electron chi connectivity index (χ1n) is 12.3. The first-order valence-corrected chi connectivity index (χ1v) is 12.7. The maximum absolute atomic E-state index is 14.7. The third-order valence-corrected chi connectivity index (χ3v) is 6.71. The molecule has 1 unspecified atom stereocenters. The van der Waals surface area contributed by atoms with Gasteiger partial charge in [-0.25, -0.2) is 0 Å². The lowest BCUT2D eigenvalue weighted by molar-refractivity contribution is -0.384. The van der Waals surface area contributed by atoms with Gasteiger partial charge in [0.25, 0.3) is 5.69 Å². The van der Waals surface area contributed by atoms with Crippen molar-refractivity contribution < 1.29 is 28.0 Å². The van der Waals surface area contributed by atoms with Gasteiger partial charge in [0.15, 0.2) is 5.78 Å². The second-order valence-corrected chi connectivity index (χ2v) is 10.1. The minimum Gasteiger partial charge on any atom is -0.375 e. The third-order valence-electron chi connectivity index (χ3n) is 6.59. The number of carbonyl (C=O) groups is 1. The summed E-state index contributed by atoms with van der Waals surface area (Å²) in [6.45, 7) is 4.36. The van der Waals surface area contributed by atoms with Crippen molar-refractivity contribution in [2.24, 2.45) is 0 Å². The molecule has 2 aromatic heterocycles. The highest BCUT2D eigenvalue weighted by molar-refractivity contribution is 6.29. The molecule has 0 spiro atoms. The van der Waals surface area contributed by atoms with Crippen molar-refractivity contribution in [2.75, 3.05) is 0 Å². The lowest BCUT2D eigenvalue weighted by Gasteiger charge is -2.31. The van der Waals surface area contributed by atoms with Crippen LogP contribution in [-0.4, -0.2) is 31.1 Å². The molecule has 0 aliphatic heterocycles. The van der Waals surface area contributed by atoms with E-state index in [0.29, 0.717) is 5.03 Å². The number of carbonyl (C=O) groups excluding carboxylic acids is 1. The summed E-state index contributed by atoms with van der Waals surface area (Å²) in [6.07, 6.45) is 2.74. The normalized spacial score (nSPS) is 14.2. The number of aromatic nitrogens is 2. The number of hydrogen-bond acceptors (Lipinski definition) is 4. The van der Waals surface area contributed by atoms with Crippen LogP contribution in [-0.2, 0) is 18.7 Å². The predicted molar refractivity (Wildman–Crippen MR) is 151 cm³/mol. The number of fused-ring (bicyclic) bond motifs is 1. The van der Waals surface area contributed by atoms with Gasteiger partial charge in [-0.05, 0) is 36.8 Å². The van der Waals surface area contributed by atoms with E-state index in [1.54, 1.807) is 37.3 Å². The van der Waals surface area contributed by atoms with Crippen LogP contribution in [0.25, 0.3) is 10.9 Å². The van der Waals surface area contributed by atoms with Crippen molar-refractivity contribution in [1.29, 1.82) is 0 Å². The summed E-state index contributed by atoms with van der Waals surface area (Å²) < 4.78 is 46.6. The Bertz CT molecular complexity index is 1680. The fraction of sp³-hybridized carbons (Fsp3) is 0.167. The number of nitrogens with zero attached hydrogens (tertiary/aromatic N) is 3. The number of nitro groups is 1. The summed E-state index contributed by atoms with van der Waals surface area (Å²) in [5.74, 6) is -0.491. The van der Waals surface area contributed by atoms with Crippen LogP contribution in [0.3, 0.4) is 0 Å². The van der Waals surface area contributed by atoms with E-state index in [-0.39, 0.29) is 34.3 Å². The van der Waals surface area contributed by atoms with E-state index in [0.717, 1.165) is 16.2 Å². The molecule has 0 saturated carbocycles. The van der Waals surface area contributed by atoms with Crippen LogP contribution < -0.4 is 0 Å². The fourth-order valence-electron chi connectivity index (χ4n) is 4.51. The van der Waals surface area contributed by atoms with E-state index in [2.05, 4.69) is 6.58 Å². The number of benzene rings is 2. The Balaban J connectivity index is 1.80. The van der Waals surface area contributed by atoms with Gasteiger partial charge in [0.2, 0.25) is 5.60 Å². The highest BCUT2D eigenvalue weighted by atomic mass is 35.5.